The van der Waals surface area contributed by atoms with Crippen LogP contribution in [0.25, 0.3) is 0 Å². The Morgan fingerprint density at radius 2 is 1.90 bits per heavy atom. The Labute approximate surface area is 178 Å². The number of rotatable bonds is 5. The molecule has 1 aliphatic heterocycles. The van der Waals surface area contributed by atoms with Gasteiger partial charge in [-0.25, -0.2) is 4.98 Å². The number of hydrogen-bond acceptors (Lipinski definition) is 6. The number of carbonyl (C=O) groups excluding carboxylic acids is 1. The summed E-state index contributed by atoms with van der Waals surface area (Å²) < 4.78 is 6.34. The van der Waals surface area contributed by atoms with Crippen LogP contribution in [-0.2, 0) is 6.42 Å². The lowest BCUT2D eigenvalue weighted by molar-refractivity contribution is 0.0747. The van der Waals surface area contributed by atoms with E-state index in [9.17, 15) is 4.79 Å². The zero-order valence-electron chi connectivity index (χ0n) is 15.9. The first kappa shape index (κ1) is 18.6. The SMILES string of the molecule is O=C(c1cn(C2CC2)nc1Cl)N1CCN(c2nc(Cc3ccccc3)ns2)CC1. The van der Waals surface area contributed by atoms with Crippen molar-refractivity contribution in [2.24, 2.45) is 0 Å². The molecule has 1 saturated heterocycles. The van der Waals surface area contributed by atoms with E-state index in [-0.39, 0.29) is 5.91 Å². The van der Waals surface area contributed by atoms with Gasteiger partial charge in [-0.1, -0.05) is 41.9 Å². The van der Waals surface area contributed by atoms with Gasteiger partial charge in [0.15, 0.2) is 5.15 Å². The van der Waals surface area contributed by atoms with Gasteiger partial charge < -0.3 is 9.80 Å². The third kappa shape index (κ3) is 4.00. The number of nitrogens with zero attached hydrogens (tertiary/aromatic N) is 6. The van der Waals surface area contributed by atoms with Crippen LogP contribution in [0.3, 0.4) is 0 Å². The largest absolute Gasteiger partial charge is 0.343 e. The highest BCUT2D eigenvalue weighted by molar-refractivity contribution is 7.09. The second-order valence-corrected chi connectivity index (χ2v) is 8.57. The third-order valence-corrected chi connectivity index (χ3v) is 6.43. The van der Waals surface area contributed by atoms with E-state index in [0.717, 1.165) is 43.3 Å². The van der Waals surface area contributed by atoms with Crippen molar-refractivity contribution in [2.45, 2.75) is 25.3 Å². The summed E-state index contributed by atoms with van der Waals surface area (Å²) in [6, 6.07) is 10.6. The van der Waals surface area contributed by atoms with E-state index in [1.807, 2.05) is 27.8 Å². The molecule has 29 heavy (non-hydrogen) atoms. The molecule has 1 aliphatic carbocycles. The first-order chi connectivity index (χ1) is 14.2. The van der Waals surface area contributed by atoms with E-state index in [2.05, 4.69) is 26.5 Å². The molecule has 9 heteroatoms. The molecule has 2 aliphatic rings. The molecule has 0 bridgehead atoms. The van der Waals surface area contributed by atoms with Crippen LogP contribution in [0.4, 0.5) is 5.13 Å². The van der Waals surface area contributed by atoms with E-state index in [4.69, 9.17) is 16.6 Å². The molecule has 1 aromatic carbocycles. The lowest BCUT2D eigenvalue weighted by Gasteiger charge is -2.34. The molecule has 150 valence electrons. The van der Waals surface area contributed by atoms with Gasteiger partial charge in [0.1, 0.15) is 5.82 Å². The number of aromatic nitrogens is 4. The van der Waals surface area contributed by atoms with Crippen LogP contribution in [0, 0.1) is 0 Å². The van der Waals surface area contributed by atoms with Crippen LogP contribution in [0.1, 0.15) is 40.6 Å². The smallest absolute Gasteiger partial charge is 0.258 e. The Morgan fingerprint density at radius 1 is 1.14 bits per heavy atom. The van der Waals surface area contributed by atoms with Gasteiger partial charge in [-0.2, -0.15) is 9.47 Å². The Balaban J connectivity index is 1.20. The van der Waals surface area contributed by atoms with Crippen molar-refractivity contribution in [1.82, 2.24) is 24.0 Å². The predicted molar refractivity (Wildman–Crippen MR) is 113 cm³/mol. The Kier molecular flexibility index (Phi) is 4.97. The first-order valence-electron chi connectivity index (χ1n) is 9.83. The summed E-state index contributed by atoms with van der Waals surface area (Å²) in [6.45, 7) is 2.74. The Morgan fingerprint density at radius 3 is 2.62 bits per heavy atom. The van der Waals surface area contributed by atoms with Crippen molar-refractivity contribution in [3.05, 3.63) is 58.6 Å². The maximum Gasteiger partial charge on any atom is 0.258 e. The molecule has 2 aromatic heterocycles. The van der Waals surface area contributed by atoms with Crippen molar-refractivity contribution >= 4 is 34.2 Å². The molecule has 1 amide bonds. The molecule has 0 radical (unpaired) electrons. The summed E-state index contributed by atoms with van der Waals surface area (Å²) in [5.41, 5.74) is 1.71. The fourth-order valence-electron chi connectivity index (χ4n) is 3.53. The van der Waals surface area contributed by atoms with Crippen molar-refractivity contribution in [1.29, 1.82) is 0 Å². The molecule has 0 atom stereocenters. The second kappa shape index (κ2) is 7.76. The number of halogens is 1. The number of piperazine rings is 1. The van der Waals surface area contributed by atoms with Gasteiger partial charge in [-0.3, -0.25) is 9.48 Å². The molecule has 0 N–H and O–H groups in total. The standard InChI is InChI=1S/C20H21ClN6OS/c21-18-16(13-27(23-18)15-6-7-15)19(28)25-8-10-26(11-9-25)20-22-17(24-29-20)12-14-4-2-1-3-5-14/h1-5,13,15H,6-12H2. The summed E-state index contributed by atoms with van der Waals surface area (Å²) in [5.74, 6) is 0.803. The van der Waals surface area contributed by atoms with Crippen LogP contribution in [0.5, 0.6) is 0 Å². The van der Waals surface area contributed by atoms with Gasteiger partial charge in [0, 0.05) is 50.3 Å². The number of carbonyl (C=O) groups is 1. The van der Waals surface area contributed by atoms with Gasteiger partial charge >= 0.3 is 0 Å². The fraction of sp³-hybridized carbons (Fsp3) is 0.400. The lowest BCUT2D eigenvalue weighted by Crippen LogP contribution is -2.48. The minimum absolute atomic E-state index is 0.0384. The topological polar surface area (TPSA) is 67.2 Å². The van der Waals surface area contributed by atoms with Gasteiger partial charge in [0.2, 0.25) is 5.13 Å². The molecule has 2 fully saturated rings. The zero-order valence-corrected chi connectivity index (χ0v) is 17.4. The quantitative estimate of drug-likeness (QED) is 0.623. The average molecular weight is 429 g/mol. The minimum Gasteiger partial charge on any atom is -0.343 e. The molecule has 0 unspecified atom stereocenters. The van der Waals surface area contributed by atoms with Gasteiger partial charge in [-0.05, 0) is 18.4 Å². The maximum atomic E-state index is 12.9. The summed E-state index contributed by atoms with van der Waals surface area (Å²) in [7, 11) is 0. The molecule has 1 saturated carbocycles. The monoisotopic (exact) mass is 428 g/mol. The molecule has 5 rings (SSSR count). The highest BCUT2D eigenvalue weighted by Crippen LogP contribution is 2.35. The second-order valence-electron chi connectivity index (χ2n) is 7.48. The highest BCUT2D eigenvalue weighted by Gasteiger charge is 2.30. The normalized spacial score (nSPS) is 17.0. The maximum absolute atomic E-state index is 12.9. The lowest BCUT2D eigenvalue weighted by atomic mass is 10.1. The van der Waals surface area contributed by atoms with Crippen LogP contribution in [-0.4, -0.2) is 56.1 Å². The molecule has 0 spiro atoms. The van der Waals surface area contributed by atoms with E-state index < -0.39 is 0 Å². The Hall–Kier alpha value is -2.45. The molecule has 3 heterocycles. The number of hydrogen-bond donors (Lipinski definition) is 0. The van der Waals surface area contributed by atoms with Crippen molar-refractivity contribution in [2.75, 3.05) is 31.1 Å². The summed E-state index contributed by atoms with van der Waals surface area (Å²) in [4.78, 5) is 21.6. The third-order valence-electron chi connectivity index (χ3n) is 5.34. The first-order valence-corrected chi connectivity index (χ1v) is 11.0. The molecule has 3 aromatic rings. The Bertz CT molecular complexity index is 1010. The molecular formula is C20H21ClN6OS. The molecular weight excluding hydrogens is 408 g/mol. The fourth-order valence-corrected chi connectivity index (χ4v) is 4.49. The van der Waals surface area contributed by atoms with Gasteiger partial charge in [0.25, 0.3) is 5.91 Å². The van der Waals surface area contributed by atoms with E-state index in [1.165, 1.54) is 17.1 Å². The summed E-state index contributed by atoms with van der Waals surface area (Å²) in [6.07, 6.45) is 4.76. The summed E-state index contributed by atoms with van der Waals surface area (Å²) >= 11 is 7.64. The van der Waals surface area contributed by atoms with Crippen molar-refractivity contribution in [3.63, 3.8) is 0 Å². The molecule has 7 nitrogen and oxygen atoms in total. The zero-order chi connectivity index (χ0) is 19.8. The van der Waals surface area contributed by atoms with E-state index in [1.54, 1.807) is 6.20 Å². The van der Waals surface area contributed by atoms with E-state index in [0.29, 0.717) is 29.8 Å². The predicted octanol–water partition coefficient (Wildman–Crippen LogP) is 3.28. The highest BCUT2D eigenvalue weighted by atomic mass is 35.5. The van der Waals surface area contributed by atoms with Crippen LogP contribution >= 0.6 is 23.1 Å². The van der Waals surface area contributed by atoms with Gasteiger partial charge in [-0.15, -0.1) is 0 Å². The van der Waals surface area contributed by atoms with Crippen molar-refractivity contribution < 1.29 is 4.79 Å². The van der Waals surface area contributed by atoms with Gasteiger partial charge in [0.05, 0.1) is 11.6 Å². The van der Waals surface area contributed by atoms with Crippen LogP contribution < -0.4 is 4.90 Å². The number of amides is 1. The summed E-state index contributed by atoms with van der Waals surface area (Å²) in [5, 5.41) is 5.52. The number of benzene rings is 1. The minimum atomic E-state index is -0.0384. The van der Waals surface area contributed by atoms with Crippen LogP contribution in [0.2, 0.25) is 5.15 Å². The van der Waals surface area contributed by atoms with Crippen molar-refractivity contribution in [3.8, 4) is 0 Å². The van der Waals surface area contributed by atoms with Crippen LogP contribution in [0.15, 0.2) is 36.5 Å². The average Bonchev–Trinajstić information content (AvgIpc) is 3.38. The van der Waals surface area contributed by atoms with E-state index >= 15 is 0 Å². The number of anilines is 1.